The van der Waals surface area contributed by atoms with Crippen LogP contribution in [0.3, 0.4) is 0 Å². The van der Waals surface area contributed by atoms with Crippen LogP contribution in [0.5, 0.6) is 0 Å². The zero-order valence-corrected chi connectivity index (χ0v) is 14.0. The summed E-state index contributed by atoms with van der Waals surface area (Å²) in [5.74, 6) is -2.85. The quantitative estimate of drug-likeness (QED) is 0.499. The van der Waals surface area contributed by atoms with Gasteiger partial charge in [0.15, 0.2) is 0 Å². The number of hydrogen-bond donors (Lipinski definition) is 4. The van der Waals surface area contributed by atoms with E-state index in [9.17, 15) is 23.6 Å². The van der Waals surface area contributed by atoms with Gasteiger partial charge in [0.2, 0.25) is 11.7 Å². The van der Waals surface area contributed by atoms with Crippen molar-refractivity contribution in [1.82, 2.24) is 10.6 Å². The molecular formula is C16H24FN3O5. The summed E-state index contributed by atoms with van der Waals surface area (Å²) in [6.07, 6.45) is 1.90. The van der Waals surface area contributed by atoms with Crippen LogP contribution in [0.4, 0.5) is 9.18 Å². The van der Waals surface area contributed by atoms with Gasteiger partial charge in [-0.3, -0.25) is 14.4 Å². The highest BCUT2D eigenvalue weighted by Gasteiger charge is 2.47. The predicted octanol–water partition coefficient (Wildman–Crippen LogP) is 0.778. The summed E-state index contributed by atoms with van der Waals surface area (Å²) in [5, 5.41) is 13.5. The second kappa shape index (κ2) is 7.37. The Morgan fingerprint density at radius 3 is 2.04 bits per heavy atom. The molecule has 0 radical (unpaired) electrons. The average molecular weight is 357 g/mol. The molecule has 0 aromatic rings. The Morgan fingerprint density at radius 2 is 1.56 bits per heavy atom. The van der Waals surface area contributed by atoms with Crippen LogP contribution < -0.4 is 16.4 Å². The van der Waals surface area contributed by atoms with Crippen molar-refractivity contribution in [3.63, 3.8) is 0 Å². The van der Waals surface area contributed by atoms with E-state index in [1.54, 1.807) is 0 Å². The maximum Gasteiger partial charge on any atom is 0.405 e. The van der Waals surface area contributed by atoms with E-state index in [1.165, 1.54) is 0 Å². The van der Waals surface area contributed by atoms with Crippen LogP contribution in [0.2, 0.25) is 0 Å². The van der Waals surface area contributed by atoms with E-state index in [0.717, 1.165) is 0 Å². The van der Waals surface area contributed by atoms with Crippen molar-refractivity contribution in [2.45, 2.75) is 75.0 Å². The number of halogens is 1. The number of ketones is 1. The average Bonchev–Trinajstić information content (AvgIpc) is 3.15. The lowest BCUT2D eigenvalue weighted by Gasteiger charge is -2.31. The van der Waals surface area contributed by atoms with Crippen LogP contribution >= 0.6 is 0 Å². The fourth-order valence-electron chi connectivity index (χ4n) is 3.88. The molecule has 3 amide bonds. The zero-order valence-electron chi connectivity index (χ0n) is 14.0. The largest absolute Gasteiger partial charge is 0.465 e. The maximum atomic E-state index is 14.7. The minimum atomic E-state index is -1.61. The first-order valence-electron chi connectivity index (χ1n) is 8.52. The fourth-order valence-corrected chi connectivity index (χ4v) is 3.88. The summed E-state index contributed by atoms with van der Waals surface area (Å²) >= 11 is 0. The van der Waals surface area contributed by atoms with Gasteiger partial charge in [-0.2, -0.15) is 0 Å². The van der Waals surface area contributed by atoms with Gasteiger partial charge in [-0.1, -0.05) is 25.7 Å². The number of carbonyl (C=O) groups excluding carboxylic acids is 3. The summed E-state index contributed by atoms with van der Waals surface area (Å²) in [6.45, 7) is 0. The number of amides is 3. The van der Waals surface area contributed by atoms with Gasteiger partial charge in [-0.05, 0) is 25.7 Å². The van der Waals surface area contributed by atoms with Crippen LogP contribution in [0.15, 0.2) is 0 Å². The number of carboxylic acid groups (broad SMARTS) is 1. The first kappa shape index (κ1) is 19.1. The number of hydrogen-bond acceptors (Lipinski definition) is 4. The minimum absolute atomic E-state index is 0.251. The summed E-state index contributed by atoms with van der Waals surface area (Å²) in [5.41, 5.74) is 2.05. The minimum Gasteiger partial charge on any atom is -0.465 e. The topological polar surface area (TPSA) is 139 Å². The van der Waals surface area contributed by atoms with Crippen LogP contribution in [-0.4, -0.2) is 46.0 Å². The lowest BCUT2D eigenvalue weighted by atomic mass is 9.89. The number of rotatable bonds is 7. The molecule has 25 heavy (non-hydrogen) atoms. The van der Waals surface area contributed by atoms with Crippen molar-refractivity contribution in [1.29, 1.82) is 0 Å². The summed E-state index contributed by atoms with van der Waals surface area (Å²) < 4.78 is 14.7. The molecule has 1 atom stereocenters. The molecule has 2 saturated carbocycles. The van der Waals surface area contributed by atoms with E-state index in [4.69, 9.17) is 10.8 Å². The standard InChI is InChI=1S/C16H24FN3O5/c17-15(5-1-2-6-15)9-10(19-14(24)25)13(23)20-16(7-3-4-8-16)11(21)12(18)22/h10,19H,1-9H2,(H2,18,22)(H,20,23)(H,24,25). The van der Waals surface area contributed by atoms with Crippen molar-refractivity contribution in [2.75, 3.05) is 0 Å². The summed E-state index contributed by atoms with van der Waals surface area (Å²) in [4.78, 5) is 47.0. The molecule has 1 unspecified atom stereocenters. The first-order chi connectivity index (χ1) is 11.7. The van der Waals surface area contributed by atoms with Crippen molar-refractivity contribution in [3.05, 3.63) is 0 Å². The number of primary amides is 1. The summed E-state index contributed by atoms with van der Waals surface area (Å²) in [7, 11) is 0. The van der Waals surface area contributed by atoms with E-state index >= 15 is 0 Å². The second-order valence-electron chi connectivity index (χ2n) is 7.04. The lowest BCUT2D eigenvalue weighted by Crippen LogP contribution is -2.61. The van der Waals surface area contributed by atoms with Gasteiger partial charge in [-0.15, -0.1) is 0 Å². The molecule has 0 heterocycles. The Morgan fingerprint density at radius 1 is 1.04 bits per heavy atom. The Labute approximate surface area is 144 Å². The molecule has 9 heteroatoms. The van der Waals surface area contributed by atoms with Gasteiger partial charge in [0.25, 0.3) is 5.91 Å². The van der Waals surface area contributed by atoms with E-state index in [0.29, 0.717) is 25.7 Å². The van der Waals surface area contributed by atoms with E-state index in [1.807, 2.05) is 5.32 Å². The molecule has 8 nitrogen and oxygen atoms in total. The molecule has 140 valence electrons. The Hall–Kier alpha value is -2.19. The number of carbonyl (C=O) groups is 4. The van der Waals surface area contributed by atoms with Crippen molar-refractivity contribution >= 4 is 23.7 Å². The second-order valence-corrected chi connectivity index (χ2v) is 7.04. The van der Waals surface area contributed by atoms with E-state index in [-0.39, 0.29) is 32.1 Å². The first-order valence-corrected chi connectivity index (χ1v) is 8.52. The zero-order chi connectivity index (χ0) is 18.7. The van der Waals surface area contributed by atoms with Crippen LogP contribution in [0, 0.1) is 0 Å². The SMILES string of the molecule is NC(=O)C(=O)C1(NC(=O)C(CC2(F)CCCC2)NC(=O)O)CCCC1. The van der Waals surface area contributed by atoms with Crippen LogP contribution in [-0.2, 0) is 14.4 Å². The molecule has 2 rings (SSSR count). The molecule has 0 aromatic heterocycles. The molecule has 2 fully saturated rings. The normalized spacial score (nSPS) is 22.1. The molecule has 2 aliphatic rings. The van der Waals surface area contributed by atoms with Crippen molar-refractivity contribution < 1.29 is 28.7 Å². The Kier molecular flexibility index (Phi) is 5.64. The fraction of sp³-hybridized carbons (Fsp3) is 0.750. The summed E-state index contributed by atoms with van der Waals surface area (Å²) in [6, 6.07) is -1.33. The van der Waals surface area contributed by atoms with Gasteiger partial charge >= 0.3 is 6.09 Å². The maximum absolute atomic E-state index is 14.7. The molecular weight excluding hydrogens is 333 g/mol. The van der Waals surface area contributed by atoms with E-state index in [2.05, 4.69) is 5.32 Å². The van der Waals surface area contributed by atoms with Crippen molar-refractivity contribution in [3.8, 4) is 0 Å². The predicted molar refractivity (Wildman–Crippen MR) is 85.4 cm³/mol. The number of nitrogens with two attached hydrogens (primary N) is 1. The molecule has 0 saturated heterocycles. The highest BCUT2D eigenvalue weighted by molar-refractivity contribution is 6.39. The molecule has 2 aliphatic carbocycles. The van der Waals surface area contributed by atoms with Gasteiger partial charge in [0, 0.05) is 6.42 Å². The lowest BCUT2D eigenvalue weighted by molar-refractivity contribution is -0.142. The van der Waals surface area contributed by atoms with E-state index < -0.39 is 40.9 Å². The molecule has 0 bridgehead atoms. The smallest absolute Gasteiger partial charge is 0.405 e. The third-order valence-corrected chi connectivity index (χ3v) is 5.16. The monoisotopic (exact) mass is 357 g/mol. The number of Topliss-reactive ketones (excluding diaryl/α,β-unsaturated/α-hetero) is 1. The molecule has 0 aliphatic heterocycles. The van der Waals surface area contributed by atoms with Crippen molar-refractivity contribution in [2.24, 2.45) is 5.73 Å². The highest BCUT2D eigenvalue weighted by atomic mass is 19.1. The molecule has 5 N–H and O–H groups in total. The van der Waals surface area contributed by atoms with Crippen LogP contribution in [0.25, 0.3) is 0 Å². The van der Waals surface area contributed by atoms with Gasteiger partial charge in [-0.25, -0.2) is 9.18 Å². The Balaban J connectivity index is 2.15. The third-order valence-electron chi connectivity index (χ3n) is 5.16. The molecule has 0 aromatic carbocycles. The van der Waals surface area contributed by atoms with Gasteiger partial charge < -0.3 is 21.5 Å². The third kappa shape index (κ3) is 4.46. The van der Waals surface area contributed by atoms with Crippen LogP contribution in [0.1, 0.15) is 57.8 Å². The van der Waals surface area contributed by atoms with Gasteiger partial charge in [0.05, 0.1) is 0 Å². The number of alkyl halides is 1. The Bertz CT molecular complexity index is 568. The molecule has 0 spiro atoms. The van der Waals surface area contributed by atoms with Gasteiger partial charge in [0.1, 0.15) is 17.2 Å². The number of nitrogens with one attached hydrogen (secondary N) is 2. The highest BCUT2D eigenvalue weighted by Crippen LogP contribution is 2.37.